The van der Waals surface area contributed by atoms with Crippen molar-refractivity contribution in [2.45, 2.75) is 24.3 Å². The molecule has 1 fully saturated rings. The zero-order valence-corrected chi connectivity index (χ0v) is 15.6. The molecule has 1 aliphatic heterocycles. The van der Waals surface area contributed by atoms with Crippen molar-refractivity contribution in [2.75, 3.05) is 14.2 Å². The summed E-state index contributed by atoms with van der Waals surface area (Å²) in [6, 6.07) is 17.5. The maximum atomic E-state index is 12.9. The number of rotatable bonds is 6. The molecule has 0 radical (unpaired) electrons. The average molecular weight is 364 g/mol. The number of carbonyl (C=O) groups is 2. The van der Waals surface area contributed by atoms with Crippen molar-refractivity contribution in [1.29, 1.82) is 0 Å². The predicted octanol–water partition coefficient (Wildman–Crippen LogP) is 2.89. The molecule has 2 N–H and O–H groups in total. The summed E-state index contributed by atoms with van der Waals surface area (Å²) in [5.74, 6) is 0.0692. The van der Waals surface area contributed by atoms with Crippen molar-refractivity contribution in [3.05, 3.63) is 71.8 Å². The molecule has 2 atom stereocenters. The van der Waals surface area contributed by atoms with Crippen LogP contribution in [0.2, 0.25) is 0 Å². The summed E-state index contributed by atoms with van der Waals surface area (Å²) in [5.41, 5.74) is 0.915. The van der Waals surface area contributed by atoms with E-state index in [1.807, 2.05) is 66.7 Å². The second-order valence-electron chi connectivity index (χ2n) is 6.62. The van der Waals surface area contributed by atoms with Gasteiger partial charge >= 0.3 is 0 Å². The highest BCUT2D eigenvalue weighted by atomic mass is 16.5. The molecule has 0 bridgehead atoms. The Morgan fingerprint density at radius 1 is 1.22 bits per heavy atom. The second-order valence-corrected chi connectivity index (χ2v) is 6.62. The molecule has 27 heavy (non-hydrogen) atoms. The Labute approximate surface area is 159 Å². The molecule has 2 aromatic carbocycles. The maximum absolute atomic E-state index is 12.9. The Balaban J connectivity index is 2.09. The molecule has 0 saturated carbocycles. The third kappa shape index (κ3) is 3.87. The number of methoxy groups -OCH3 is 1. The van der Waals surface area contributed by atoms with Crippen LogP contribution >= 0.6 is 0 Å². The van der Waals surface area contributed by atoms with Crippen LogP contribution in [-0.2, 0) is 9.59 Å². The Bertz CT molecular complexity index is 848. The number of amides is 2. The zero-order chi connectivity index (χ0) is 19.3. The molecule has 2 amide bonds. The number of benzene rings is 2. The molecule has 1 saturated heterocycles. The summed E-state index contributed by atoms with van der Waals surface area (Å²) < 4.78 is 5.36. The number of likely N-dealkylation sites (N-methyl/N-ethyl adjacent to an activating group) is 1. The van der Waals surface area contributed by atoms with Crippen LogP contribution in [0.15, 0.2) is 60.7 Å². The van der Waals surface area contributed by atoms with E-state index in [-0.39, 0.29) is 17.7 Å². The lowest BCUT2D eigenvalue weighted by molar-refractivity contribution is -0.130. The lowest BCUT2D eigenvalue weighted by atomic mass is 9.76. The average Bonchev–Trinajstić information content (AvgIpc) is 3.11. The van der Waals surface area contributed by atoms with E-state index in [1.54, 1.807) is 14.2 Å². The molecule has 5 nitrogen and oxygen atoms in total. The van der Waals surface area contributed by atoms with Crippen LogP contribution < -0.4 is 15.4 Å². The number of nitrogens with one attached hydrogen (secondary N) is 2. The standard InChI is InChI=1S/C22H24N2O3/c1-23-21(26)22(14-13-20(25)24-22)19(12-11-16-7-4-3-5-8-16)17-9-6-10-18(15-17)27-2/h3-12,15,19H,13-14H2,1-2H3,(H,23,26)(H,24,25)/b12-11-/t19-,22+/m0/s1. The number of ether oxygens (including phenoxy) is 1. The fraction of sp³-hybridized carbons (Fsp3) is 0.273. The fourth-order valence-corrected chi connectivity index (χ4v) is 3.62. The fourth-order valence-electron chi connectivity index (χ4n) is 3.62. The van der Waals surface area contributed by atoms with Gasteiger partial charge in [-0.05, 0) is 29.7 Å². The summed E-state index contributed by atoms with van der Waals surface area (Å²) in [7, 11) is 3.21. The minimum atomic E-state index is -1.02. The third-order valence-electron chi connectivity index (χ3n) is 5.01. The van der Waals surface area contributed by atoms with E-state index >= 15 is 0 Å². The third-order valence-corrected chi connectivity index (χ3v) is 5.01. The van der Waals surface area contributed by atoms with Gasteiger partial charge in [0.25, 0.3) is 0 Å². The number of hydrogen-bond acceptors (Lipinski definition) is 3. The molecule has 5 heteroatoms. The van der Waals surface area contributed by atoms with E-state index in [0.717, 1.165) is 11.1 Å². The maximum Gasteiger partial charge on any atom is 0.246 e. The smallest absolute Gasteiger partial charge is 0.246 e. The van der Waals surface area contributed by atoms with E-state index in [2.05, 4.69) is 10.6 Å². The molecule has 0 aromatic heterocycles. The highest BCUT2D eigenvalue weighted by Gasteiger charge is 2.49. The van der Waals surface area contributed by atoms with Gasteiger partial charge < -0.3 is 15.4 Å². The van der Waals surface area contributed by atoms with E-state index in [4.69, 9.17) is 4.74 Å². The second kappa shape index (κ2) is 8.08. The summed E-state index contributed by atoms with van der Waals surface area (Å²) in [5, 5.41) is 5.67. The van der Waals surface area contributed by atoms with E-state index in [9.17, 15) is 9.59 Å². The Morgan fingerprint density at radius 3 is 2.63 bits per heavy atom. The highest BCUT2D eigenvalue weighted by Crippen LogP contribution is 2.38. The largest absolute Gasteiger partial charge is 0.497 e. The molecule has 1 aliphatic rings. The van der Waals surface area contributed by atoms with Gasteiger partial charge in [-0.25, -0.2) is 0 Å². The summed E-state index contributed by atoms with van der Waals surface area (Å²) in [4.78, 5) is 24.9. The molecule has 0 unspecified atom stereocenters. The van der Waals surface area contributed by atoms with Crippen molar-refractivity contribution < 1.29 is 14.3 Å². The topological polar surface area (TPSA) is 67.4 Å². The van der Waals surface area contributed by atoms with Gasteiger partial charge in [0.1, 0.15) is 11.3 Å². The summed E-state index contributed by atoms with van der Waals surface area (Å²) >= 11 is 0. The first-order valence-corrected chi connectivity index (χ1v) is 8.99. The molecular formula is C22H24N2O3. The van der Waals surface area contributed by atoms with E-state index in [1.165, 1.54) is 0 Å². The Kier molecular flexibility index (Phi) is 5.60. The molecule has 0 aliphatic carbocycles. The van der Waals surface area contributed by atoms with Gasteiger partial charge in [-0.15, -0.1) is 0 Å². The molecule has 140 valence electrons. The summed E-state index contributed by atoms with van der Waals surface area (Å²) in [6.45, 7) is 0. The van der Waals surface area contributed by atoms with E-state index < -0.39 is 5.54 Å². The quantitative estimate of drug-likeness (QED) is 0.828. The van der Waals surface area contributed by atoms with Crippen molar-refractivity contribution in [1.82, 2.24) is 10.6 Å². The van der Waals surface area contributed by atoms with Crippen molar-refractivity contribution in [2.24, 2.45) is 0 Å². The van der Waals surface area contributed by atoms with E-state index in [0.29, 0.717) is 18.6 Å². The summed E-state index contributed by atoms with van der Waals surface area (Å²) in [6.07, 6.45) is 4.74. The van der Waals surface area contributed by atoms with Crippen LogP contribution in [0.1, 0.15) is 29.9 Å². The first-order chi connectivity index (χ1) is 13.1. The number of hydrogen-bond donors (Lipinski definition) is 2. The van der Waals surface area contributed by atoms with Crippen molar-refractivity contribution in [3.63, 3.8) is 0 Å². The Morgan fingerprint density at radius 2 is 2.00 bits per heavy atom. The van der Waals surface area contributed by atoms with Crippen LogP contribution in [0.5, 0.6) is 5.75 Å². The van der Waals surface area contributed by atoms with Gasteiger partial charge in [0.2, 0.25) is 11.8 Å². The highest BCUT2D eigenvalue weighted by molar-refractivity contribution is 5.96. The zero-order valence-electron chi connectivity index (χ0n) is 15.6. The first kappa shape index (κ1) is 18.7. The van der Waals surface area contributed by atoms with Gasteiger partial charge in [-0.1, -0.05) is 54.6 Å². The van der Waals surface area contributed by atoms with Gasteiger partial charge in [0.15, 0.2) is 0 Å². The van der Waals surface area contributed by atoms with Gasteiger partial charge in [0, 0.05) is 19.4 Å². The van der Waals surface area contributed by atoms with Crippen LogP contribution in [0, 0.1) is 0 Å². The van der Waals surface area contributed by atoms with Crippen molar-refractivity contribution in [3.8, 4) is 5.75 Å². The molecular weight excluding hydrogens is 340 g/mol. The lowest BCUT2D eigenvalue weighted by Crippen LogP contribution is -2.57. The Hall–Kier alpha value is -3.08. The predicted molar refractivity (Wildman–Crippen MR) is 105 cm³/mol. The van der Waals surface area contributed by atoms with Crippen LogP contribution in [0.3, 0.4) is 0 Å². The SMILES string of the molecule is CNC(=O)[C@]1([C@@H](/C=C\c2ccccc2)c2cccc(OC)c2)CCC(=O)N1. The minimum absolute atomic E-state index is 0.111. The van der Waals surface area contributed by atoms with Gasteiger partial charge in [-0.2, -0.15) is 0 Å². The van der Waals surface area contributed by atoms with Crippen LogP contribution in [-0.4, -0.2) is 31.5 Å². The molecule has 0 spiro atoms. The van der Waals surface area contributed by atoms with Gasteiger partial charge in [0.05, 0.1) is 7.11 Å². The molecule has 2 aromatic rings. The monoisotopic (exact) mass is 364 g/mol. The molecule has 1 heterocycles. The number of carbonyl (C=O) groups excluding carboxylic acids is 2. The normalized spacial score (nSPS) is 20.3. The first-order valence-electron chi connectivity index (χ1n) is 8.99. The minimum Gasteiger partial charge on any atom is -0.497 e. The van der Waals surface area contributed by atoms with Gasteiger partial charge in [-0.3, -0.25) is 9.59 Å². The van der Waals surface area contributed by atoms with Crippen LogP contribution in [0.4, 0.5) is 0 Å². The van der Waals surface area contributed by atoms with Crippen molar-refractivity contribution >= 4 is 17.9 Å². The lowest BCUT2D eigenvalue weighted by Gasteiger charge is -2.34. The van der Waals surface area contributed by atoms with Crippen LogP contribution in [0.25, 0.3) is 6.08 Å². The molecule has 3 rings (SSSR count).